The second kappa shape index (κ2) is 3.55. The minimum absolute atomic E-state index is 0.306. The molecule has 0 radical (unpaired) electrons. The van der Waals surface area contributed by atoms with Crippen LogP contribution in [-0.2, 0) is 9.09 Å². The minimum Gasteiger partial charge on any atom is -0.382 e. The van der Waals surface area contributed by atoms with Crippen molar-refractivity contribution in [3.63, 3.8) is 0 Å². The molecule has 0 aliphatic carbocycles. The lowest BCUT2D eigenvalue weighted by atomic mass is 10.6. The Balaban J connectivity index is 2.67. The van der Waals surface area contributed by atoms with Crippen LogP contribution >= 0.6 is 8.69 Å². The number of nitrogens with zero attached hydrogens (tertiary/aromatic N) is 2. The first-order valence-electron chi connectivity index (χ1n) is 3.14. The smallest absolute Gasteiger partial charge is 0.181 e. The molecule has 0 amide bonds. The topological polar surface area (TPSA) is 70.1 Å². The quantitative estimate of drug-likeness (QED) is 0.685. The largest absolute Gasteiger partial charge is 0.382 e. The summed E-state index contributed by atoms with van der Waals surface area (Å²) in [5, 5.41) is 3.87. The highest BCUT2D eigenvalue weighted by molar-refractivity contribution is 7.17. The molecule has 0 bridgehead atoms. The lowest BCUT2D eigenvalue weighted by molar-refractivity contribution is 0.157. The van der Waals surface area contributed by atoms with E-state index in [2.05, 4.69) is 5.10 Å². The van der Waals surface area contributed by atoms with Crippen molar-refractivity contribution < 1.29 is 9.09 Å². The Labute approximate surface area is 65.4 Å². The van der Waals surface area contributed by atoms with E-state index < -0.39 is 8.69 Å². The molecule has 0 spiro atoms. The Hall–Kier alpha value is -0.800. The van der Waals surface area contributed by atoms with Gasteiger partial charge in [-0.05, 0) is 6.92 Å². The van der Waals surface area contributed by atoms with Crippen LogP contribution < -0.4 is 5.73 Å². The normalized spacial score (nSPS) is 14.3. The molecule has 0 aliphatic rings. The number of nitrogen functional groups attached to an aromatic ring is 1. The van der Waals surface area contributed by atoms with Crippen molar-refractivity contribution in [3.05, 3.63) is 12.3 Å². The van der Waals surface area contributed by atoms with Crippen molar-refractivity contribution in [1.82, 2.24) is 9.78 Å². The van der Waals surface area contributed by atoms with Crippen LogP contribution in [0.5, 0.6) is 0 Å². The Morgan fingerprint density at radius 1 is 1.91 bits per heavy atom. The molecule has 11 heavy (non-hydrogen) atoms. The molecule has 0 saturated carbocycles. The van der Waals surface area contributed by atoms with Gasteiger partial charge >= 0.3 is 0 Å². The molecule has 1 aromatic rings. The van der Waals surface area contributed by atoms with Gasteiger partial charge in [-0.2, -0.15) is 5.10 Å². The lowest BCUT2D eigenvalue weighted by Gasteiger charge is -2.07. The van der Waals surface area contributed by atoms with Gasteiger partial charge in [0.25, 0.3) is 0 Å². The summed E-state index contributed by atoms with van der Waals surface area (Å²) in [6, 6.07) is 1.65. The lowest BCUT2D eigenvalue weighted by Crippen LogP contribution is -2.05. The molecule has 1 aromatic heterocycles. The van der Waals surface area contributed by atoms with Crippen molar-refractivity contribution >= 4 is 14.5 Å². The molecule has 0 aliphatic heterocycles. The Morgan fingerprint density at radius 3 is 3.09 bits per heavy atom. The average Bonchev–Trinajstić information content (AvgIpc) is 2.36. The second-order valence-electron chi connectivity index (χ2n) is 2.05. The van der Waals surface area contributed by atoms with Gasteiger partial charge in [0.2, 0.25) is 0 Å². The van der Waals surface area contributed by atoms with Gasteiger partial charge in [0.05, 0.1) is 0 Å². The van der Waals surface area contributed by atoms with E-state index in [4.69, 9.17) is 10.3 Å². The number of nitrogens with two attached hydrogens (primary N) is 1. The maximum Gasteiger partial charge on any atom is 0.181 e. The van der Waals surface area contributed by atoms with Crippen LogP contribution in [0.25, 0.3) is 0 Å². The molecular formula is C5H10N3O2P. The fraction of sp³-hybridized carbons (Fsp3) is 0.400. The monoisotopic (exact) mass is 175 g/mol. The molecule has 6 heteroatoms. The van der Waals surface area contributed by atoms with Gasteiger partial charge in [0, 0.05) is 12.3 Å². The summed E-state index contributed by atoms with van der Waals surface area (Å²) in [4.78, 5) is 0. The van der Waals surface area contributed by atoms with Gasteiger partial charge in [0.15, 0.2) is 14.9 Å². The van der Waals surface area contributed by atoms with Gasteiger partial charge in [-0.3, -0.25) is 4.57 Å². The summed E-state index contributed by atoms with van der Waals surface area (Å²) in [7, 11) is -1.20. The zero-order valence-corrected chi connectivity index (χ0v) is 7.25. The van der Waals surface area contributed by atoms with E-state index in [9.17, 15) is 4.57 Å². The molecule has 1 rings (SSSR count). The summed E-state index contributed by atoms with van der Waals surface area (Å²) in [6.45, 7) is 1.75. The molecule has 2 atom stereocenters. The van der Waals surface area contributed by atoms with E-state index in [0.29, 0.717) is 5.82 Å². The molecule has 1 heterocycles. The van der Waals surface area contributed by atoms with Crippen LogP contribution in [-0.4, -0.2) is 9.78 Å². The highest BCUT2D eigenvalue weighted by atomic mass is 31.1. The van der Waals surface area contributed by atoms with Crippen LogP contribution in [0, 0.1) is 0 Å². The number of rotatable bonds is 3. The third-order valence-electron chi connectivity index (χ3n) is 1.25. The molecule has 5 nitrogen and oxygen atoms in total. The highest BCUT2D eigenvalue weighted by Crippen LogP contribution is 2.13. The Kier molecular flexibility index (Phi) is 2.68. The molecule has 0 fully saturated rings. The van der Waals surface area contributed by atoms with Crippen molar-refractivity contribution in [2.24, 2.45) is 0 Å². The van der Waals surface area contributed by atoms with Gasteiger partial charge in [-0.1, -0.05) is 0 Å². The SMILES string of the molecule is CC(O[PH2]=O)n1ccc(N)n1. The molecule has 2 N–H and O–H groups in total. The average molecular weight is 175 g/mol. The summed E-state index contributed by atoms with van der Waals surface area (Å²) >= 11 is 0. The van der Waals surface area contributed by atoms with Crippen LogP contribution in [0.2, 0.25) is 0 Å². The Bertz CT molecular complexity index is 250. The predicted molar refractivity (Wildman–Crippen MR) is 42.8 cm³/mol. The zero-order valence-electron chi connectivity index (χ0n) is 6.10. The van der Waals surface area contributed by atoms with Crippen LogP contribution in [0.4, 0.5) is 5.82 Å². The van der Waals surface area contributed by atoms with E-state index in [1.165, 1.54) is 4.68 Å². The first-order chi connectivity index (χ1) is 5.24. The van der Waals surface area contributed by atoms with E-state index in [1.807, 2.05) is 0 Å². The second-order valence-corrected chi connectivity index (χ2v) is 2.52. The maximum absolute atomic E-state index is 10.1. The maximum atomic E-state index is 10.1. The van der Waals surface area contributed by atoms with Gasteiger partial charge in [-0.25, -0.2) is 4.68 Å². The van der Waals surface area contributed by atoms with E-state index >= 15 is 0 Å². The van der Waals surface area contributed by atoms with Crippen LogP contribution in [0.3, 0.4) is 0 Å². The number of hydrogen-bond acceptors (Lipinski definition) is 4. The van der Waals surface area contributed by atoms with Crippen molar-refractivity contribution in [3.8, 4) is 0 Å². The summed E-state index contributed by atoms with van der Waals surface area (Å²) in [6.07, 6.45) is 1.37. The van der Waals surface area contributed by atoms with Crippen molar-refractivity contribution in [2.45, 2.75) is 13.2 Å². The van der Waals surface area contributed by atoms with E-state index in [1.54, 1.807) is 19.2 Å². The van der Waals surface area contributed by atoms with E-state index in [0.717, 1.165) is 0 Å². The van der Waals surface area contributed by atoms with Gasteiger partial charge in [0.1, 0.15) is 5.82 Å². The van der Waals surface area contributed by atoms with Gasteiger partial charge in [-0.15, -0.1) is 0 Å². The third kappa shape index (κ3) is 2.06. The van der Waals surface area contributed by atoms with Crippen molar-refractivity contribution in [1.29, 1.82) is 0 Å². The fourth-order valence-corrected chi connectivity index (χ4v) is 0.984. The molecule has 2 unspecified atom stereocenters. The molecular weight excluding hydrogens is 165 g/mol. The van der Waals surface area contributed by atoms with Gasteiger partial charge < -0.3 is 10.3 Å². The van der Waals surface area contributed by atoms with Crippen LogP contribution in [0.15, 0.2) is 12.3 Å². The molecule has 0 saturated heterocycles. The predicted octanol–water partition coefficient (Wildman–Crippen LogP) is 0.672. The molecule has 62 valence electrons. The Morgan fingerprint density at radius 2 is 2.64 bits per heavy atom. The zero-order chi connectivity index (χ0) is 8.27. The fourth-order valence-electron chi connectivity index (χ4n) is 0.698. The highest BCUT2D eigenvalue weighted by Gasteiger charge is 2.03. The van der Waals surface area contributed by atoms with Crippen molar-refractivity contribution in [2.75, 3.05) is 5.73 Å². The van der Waals surface area contributed by atoms with Crippen LogP contribution in [0.1, 0.15) is 13.2 Å². The molecule has 0 aromatic carbocycles. The first kappa shape index (κ1) is 8.30. The van der Waals surface area contributed by atoms with E-state index in [-0.39, 0.29) is 6.23 Å². The third-order valence-corrected chi connectivity index (χ3v) is 1.76. The first-order valence-corrected chi connectivity index (χ1v) is 4.08. The number of aromatic nitrogens is 2. The summed E-state index contributed by atoms with van der Waals surface area (Å²) in [5.41, 5.74) is 5.35. The standard InChI is InChI=1S/C5H10N3O2P/c1-4(10-11-9)8-3-2-5(6)7-8/h2-4H,11H2,1H3,(H2,6,7). The number of hydrogen-bond donors (Lipinski definition) is 1. The summed E-state index contributed by atoms with van der Waals surface area (Å²) in [5.74, 6) is 0.432. The number of anilines is 1. The summed E-state index contributed by atoms with van der Waals surface area (Å²) < 4.78 is 16.4. The minimum atomic E-state index is -1.20.